The standard InChI is InChI=1S/C14H21NO3/c1-10(2)18-12-7-5-11(6-8-12)14(3,15-4)9-13(16)17/h5-8,10,15H,9H2,1-4H3,(H,16,17). The summed E-state index contributed by atoms with van der Waals surface area (Å²) >= 11 is 0. The van der Waals surface area contributed by atoms with E-state index in [4.69, 9.17) is 9.84 Å². The monoisotopic (exact) mass is 251 g/mol. The second kappa shape index (κ2) is 5.87. The highest BCUT2D eigenvalue weighted by molar-refractivity contribution is 5.68. The molecule has 0 aliphatic rings. The second-order valence-corrected chi connectivity index (χ2v) is 4.84. The summed E-state index contributed by atoms with van der Waals surface area (Å²) in [6, 6.07) is 7.54. The summed E-state index contributed by atoms with van der Waals surface area (Å²) in [4.78, 5) is 10.9. The number of carboxylic acid groups (broad SMARTS) is 1. The molecule has 0 bridgehead atoms. The summed E-state index contributed by atoms with van der Waals surface area (Å²) in [5.41, 5.74) is 0.367. The van der Waals surface area contributed by atoms with Gasteiger partial charge in [-0.25, -0.2) is 0 Å². The Labute approximate surface area is 108 Å². The molecule has 0 amide bonds. The van der Waals surface area contributed by atoms with Crippen LogP contribution >= 0.6 is 0 Å². The van der Waals surface area contributed by atoms with Gasteiger partial charge in [0.25, 0.3) is 0 Å². The normalized spacial score (nSPS) is 14.3. The van der Waals surface area contributed by atoms with Crippen molar-refractivity contribution < 1.29 is 14.6 Å². The lowest BCUT2D eigenvalue weighted by Crippen LogP contribution is -2.38. The molecule has 4 heteroatoms. The summed E-state index contributed by atoms with van der Waals surface area (Å²) in [6.45, 7) is 5.81. The first-order valence-electron chi connectivity index (χ1n) is 6.05. The van der Waals surface area contributed by atoms with Crippen LogP contribution in [0.4, 0.5) is 0 Å². The number of aliphatic carboxylic acids is 1. The van der Waals surface area contributed by atoms with E-state index in [1.54, 1.807) is 7.05 Å². The third-order valence-corrected chi connectivity index (χ3v) is 2.92. The van der Waals surface area contributed by atoms with Gasteiger partial charge in [0.15, 0.2) is 0 Å². The van der Waals surface area contributed by atoms with E-state index < -0.39 is 11.5 Å². The van der Waals surface area contributed by atoms with E-state index in [9.17, 15) is 4.79 Å². The summed E-state index contributed by atoms with van der Waals surface area (Å²) in [5.74, 6) is -0.0307. The fourth-order valence-corrected chi connectivity index (χ4v) is 1.81. The molecule has 0 spiro atoms. The smallest absolute Gasteiger partial charge is 0.305 e. The van der Waals surface area contributed by atoms with E-state index in [1.165, 1.54) is 0 Å². The van der Waals surface area contributed by atoms with Crippen LogP contribution in [0.1, 0.15) is 32.8 Å². The number of hydrogen-bond acceptors (Lipinski definition) is 3. The SMILES string of the molecule is CNC(C)(CC(=O)O)c1ccc(OC(C)C)cc1. The zero-order chi connectivity index (χ0) is 13.8. The molecule has 1 rings (SSSR count). The van der Waals surface area contributed by atoms with Gasteiger partial charge >= 0.3 is 5.97 Å². The molecule has 4 nitrogen and oxygen atoms in total. The maximum Gasteiger partial charge on any atom is 0.305 e. The first kappa shape index (κ1) is 14.5. The predicted octanol–water partition coefficient (Wildman–Crippen LogP) is 2.38. The van der Waals surface area contributed by atoms with E-state index in [0.29, 0.717) is 0 Å². The lowest BCUT2D eigenvalue weighted by molar-refractivity contribution is -0.138. The lowest BCUT2D eigenvalue weighted by atomic mass is 9.89. The Balaban J connectivity index is 2.91. The molecule has 0 saturated heterocycles. The number of hydrogen-bond donors (Lipinski definition) is 2. The Morgan fingerprint density at radius 2 is 1.94 bits per heavy atom. The minimum atomic E-state index is -0.825. The molecule has 1 aromatic rings. The van der Waals surface area contributed by atoms with Crippen molar-refractivity contribution >= 4 is 5.97 Å². The molecule has 0 saturated carbocycles. The summed E-state index contributed by atoms with van der Waals surface area (Å²) < 4.78 is 5.56. The zero-order valence-electron chi connectivity index (χ0n) is 11.4. The third kappa shape index (κ3) is 3.74. The van der Waals surface area contributed by atoms with Crippen molar-refractivity contribution in [3.63, 3.8) is 0 Å². The number of rotatable bonds is 6. The molecule has 0 aromatic heterocycles. The van der Waals surface area contributed by atoms with Crippen LogP contribution in [-0.2, 0) is 10.3 Å². The minimum absolute atomic E-state index is 0.0356. The average Bonchev–Trinajstić information content (AvgIpc) is 2.28. The Kier molecular flexibility index (Phi) is 4.73. The Morgan fingerprint density at radius 3 is 2.33 bits per heavy atom. The molecule has 18 heavy (non-hydrogen) atoms. The van der Waals surface area contributed by atoms with Gasteiger partial charge in [-0.05, 0) is 45.5 Å². The van der Waals surface area contributed by atoms with E-state index in [-0.39, 0.29) is 12.5 Å². The lowest BCUT2D eigenvalue weighted by Gasteiger charge is -2.28. The van der Waals surface area contributed by atoms with Gasteiger partial charge in [0.1, 0.15) is 5.75 Å². The fourth-order valence-electron chi connectivity index (χ4n) is 1.81. The molecule has 100 valence electrons. The summed E-state index contributed by atoms with van der Waals surface area (Å²) in [7, 11) is 1.77. The van der Waals surface area contributed by atoms with Crippen molar-refractivity contribution in [3.8, 4) is 5.75 Å². The maximum atomic E-state index is 10.9. The van der Waals surface area contributed by atoms with Gasteiger partial charge in [-0.1, -0.05) is 12.1 Å². The van der Waals surface area contributed by atoms with Crippen LogP contribution in [0, 0.1) is 0 Å². The number of carbonyl (C=O) groups is 1. The first-order chi connectivity index (χ1) is 8.37. The quantitative estimate of drug-likeness (QED) is 0.815. The van der Waals surface area contributed by atoms with Gasteiger partial charge in [0.05, 0.1) is 18.1 Å². The molecule has 0 aliphatic carbocycles. The first-order valence-corrected chi connectivity index (χ1v) is 6.05. The fraction of sp³-hybridized carbons (Fsp3) is 0.500. The molecular weight excluding hydrogens is 230 g/mol. The van der Waals surface area contributed by atoms with Gasteiger partial charge in [-0.2, -0.15) is 0 Å². The number of carboxylic acids is 1. The molecule has 2 N–H and O–H groups in total. The van der Waals surface area contributed by atoms with Crippen LogP contribution in [0.3, 0.4) is 0 Å². The van der Waals surface area contributed by atoms with Crippen molar-refractivity contribution in [2.75, 3.05) is 7.05 Å². The van der Waals surface area contributed by atoms with Crippen LogP contribution < -0.4 is 10.1 Å². The minimum Gasteiger partial charge on any atom is -0.491 e. The number of ether oxygens (including phenoxy) is 1. The van der Waals surface area contributed by atoms with Crippen molar-refractivity contribution in [2.24, 2.45) is 0 Å². The Morgan fingerprint density at radius 1 is 1.39 bits per heavy atom. The molecule has 0 fully saturated rings. The molecule has 1 unspecified atom stereocenters. The third-order valence-electron chi connectivity index (χ3n) is 2.92. The highest BCUT2D eigenvalue weighted by atomic mass is 16.5. The number of benzene rings is 1. The number of nitrogens with one attached hydrogen (secondary N) is 1. The van der Waals surface area contributed by atoms with Gasteiger partial charge < -0.3 is 15.2 Å². The van der Waals surface area contributed by atoms with Crippen LogP contribution in [0.25, 0.3) is 0 Å². The Hall–Kier alpha value is -1.55. The average molecular weight is 251 g/mol. The van der Waals surface area contributed by atoms with E-state index in [2.05, 4.69) is 5.32 Å². The highest BCUT2D eigenvalue weighted by Crippen LogP contribution is 2.26. The van der Waals surface area contributed by atoms with Crippen molar-refractivity contribution in [2.45, 2.75) is 38.8 Å². The van der Waals surface area contributed by atoms with Crippen LogP contribution in [0.15, 0.2) is 24.3 Å². The van der Waals surface area contributed by atoms with Crippen molar-refractivity contribution in [1.29, 1.82) is 0 Å². The Bertz CT molecular complexity index is 400. The zero-order valence-corrected chi connectivity index (χ0v) is 11.4. The molecule has 1 atom stereocenters. The van der Waals surface area contributed by atoms with Gasteiger partial charge in [-0.15, -0.1) is 0 Å². The molecule has 1 aromatic carbocycles. The summed E-state index contributed by atoms with van der Waals surface area (Å²) in [6.07, 6.45) is 0.166. The van der Waals surface area contributed by atoms with E-state index >= 15 is 0 Å². The van der Waals surface area contributed by atoms with Crippen molar-refractivity contribution in [1.82, 2.24) is 5.32 Å². The summed E-state index contributed by atoms with van der Waals surface area (Å²) in [5, 5.41) is 12.0. The largest absolute Gasteiger partial charge is 0.491 e. The van der Waals surface area contributed by atoms with Gasteiger partial charge in [0, 0.05) is 0 Å². The van der Waals surface area contributed by atoms with Gasteiger partial charge in [0.2, 0.25) is 0 Å². The molecule has 0 aliphatic heterocycles. The van der Waals surface area contributed by atoms with Crippen molar-refractivity contribution in [3.05, 3.63) is 29.8 Å². The highest BCUT2D eigenvalue weighted by Gasteiger charge is 2.27. The van der Waals surface area contributed by atoms with Crippen LogP contribution in [-0.4, -0.2) is 24.2 Å². The maximum absolute atomic E-state index is 10.9. The molecule has 0 radical (unpaired) electrons. The topological polar surface area (TPSA) is 58.6 Å². The van der Waals surface area contributed by atoms with Crippen LogP contribution in [0.2, 0.25) is 0 Å². The van der Waals surface area contributed by atoms with E-state index in [0.717, 1.165) is 11.3 Å². The molecular formula is C14H21NO3. The van der Waals surface area contributed by atoms with Gasteiger partial charge in [-0.3, -0.25) is 4.79 Å². The van der Waals surface area contributed by atoms with E-state index in [1.807, 2.05) is 45.0 Å². The second-order valence-electron chi connectivity index (χ2n) is 4.84. The van der Waals surface area contributed by atoms with Crippen LogP contribution in [0.5, 0.6) is 5.75 Å². The molecule has 0 heterocycles. The predicted molar refractivity (Wildman–Crippen MR) is 70.9 cm³/mol.